The molecule has 1 N–H and O–H groups in total. The van der Waals surface area contributed by atoms with E-state index in [1.54, 1.807) is 0 Å². The van der Waals surface area contributed by atoms with Crippen LogP contribution in [0.4, 0.5) is 5.82 Å². The Labute approximate surface area is 126 Å². The molecule has 1 aliphatic rings. The summed E-state index contributed by atoms with van der Waals surface area (Å²) < 4.78 is 5.33. The number of nitrogens with one attached hydrogen (secondary N) is 1. The molecule has 0 atom stereocenters. The van der Waals surface area contributed by atoms with Crippen LogP contribution >= 0.6 is 0 Å². The van der Waals surface area contributed by atoms with Crippen molar-refractivity contribution in [2.45, 2.75) is 33.2 Å². The van der Waals surface area contributed by atoms with Gasteiger partial charge in [-0.25, -0.2) is 4.98 Å². The van der Waals surface area contributed by atoms with Gasteiger partial charge in [-0.3, -0.25) is 4.79 Å². The van der Waals surface area contributed by atoms with E-state index in [0.717, 1.165) is 44.1 Å². The van der Waals surface area contributed by atoms with Crippen LogP contribution < -0.4 is 10.2 Å². The predicted octanol–water partition coefficient (Wildman–Crippen LogP) is 1.97. The van der Waals surface area contributed by atoms with Gasteiger partial charge in [0.1, 0.15) is 5.82 Å². The van der Waals surface area contributed by atoms with Crippen molar-refractivity contribution in [3.05, 3.63) is 23.9 Å². The molecule has 2 heterocycles. The molecule has 0 aliphatic carbocycles. The van der Waals surface area contributed by atoms with E-state index >= 15 is 0 Å². The first-order chi connectivity index (χ1) is 10.1. The van der Waals surface area contributed by atoms with Crippen LogP contribution in [0.15, 0.2) is 18.3 Å². The van der Waals surface area contributed by atoms with Crippen molar-refractivity contribution in [3.8, 4) is 0 Å². The van der Waals surface area contributed by atoms with E-state index < -0.39 is 0 Å². The topological polar surface area (TPSA) is 54.5 Å². The summed E-state index contributed by atoms with van der Waals surface area (Å²) in [7, 11) is 0. The third kappa shape index (κ3) is 5.34. The molecule has 1 aliphatic heterocycles. The van der Waals surface area contributed by atoms with Crippen LogP contribution in [-0.4, -0.2) is 37.2 Å². The van der Waals surface area contributed by atoms with Gasteiger partial charge in [0, 0.05) is 32.3 Å². The van der Waals surface area contributed by atoms with Crippen molar-refractivity contribution in [1.82, 2.24) is 10.3 Å². The number of amides is 1. The Morgan fingerprint density at radius 1 is 1.38 bits per heavy atom. The quantitative estimate of drug-likeness (QED) is 0.870. The molecular formula is C16H25N3O2. The number of aromatic nitrogens is 1. The van der Waals surface area contributed by atoms with Gasteiger partial charge in [0.2, 0.25) is 5.91 Å². The molecule has 0 aromatic carbocycles. The highest BCUT2D eigenvalue weighted by Crippen LogP contribution is 2.13. The molecule has 0 spiro atoms. The first-order valence-corrected chi connectivity index (χ1v) is 7.69. The van der Waals surface area contributed by atoms with Gasteiger partial charge in [-0.05, 0) is 24.0 Å². The average Bonchev–Trinajstić information content (AvgIpc) is 2.52. The third-order valence-electron chi connectivity index (χ3n) is 3.58. The smallest absolute Gasteiger partial charge is 0.220 e. The number of pyridine rings is 1. The summed E-state index contributed by atoms with van der Waals surface area (Å²) in [4.78, 5) is 18.4. The lowest BCUT2D eigenvalue weighted by Gasteiger charge is -2.27. The summed E-state index contributed by atoms with van der Waals surface area (Å²) in [5.74, 6) is 1.65. The lowest BCUT2D eigenvalue weighted by atomic mass is 10.1. The van der Waals surface area contributed by atoms with Crippen molar-refractivity contribution in [2.24, 2.45) is 5.92 Å². The van der Waals surface area contributed by atoms with Crippen LogP contribution in [0.25, 0.3) is 0 Å². The van der Waals surface area contributed by atoms with Crippen LogP contribution in [0.2, 0.25) is 0 Å². The minimum absolute atomic E-state index is 0.112. The number of carbonyl (C=O) groups is 1. The largest absolute Gasteiger partial charge is 0.378 e. The van der Waals surface area contributed by atoms with Gasteiger partial charge in [0.05, 0.1) is 13.2 Å². The van der Waals surface area contributed by atoms with Crippen molar-refractivity contribution < 1.29 is 9.53 Å². The van der Waals surface area contributed by atoms with Gasteiger partial charge in [-0.2, -0.15) is 0 Å². The van der Waals surface area contributed by atoms with Gasteiger partial charge in [0.15, 0.2) is 0 Å². The predicted molar refractivity (Wildman–Crippen MR) is 83.2 cm³/mol. The zero-order valence-electron chi connectivity index (χ0n) is 13.0. The highest BCUT2D eigenvalue weighted by molar-refractivity contribution is 5.75. The van der Waals surface area contributed by atoms with Gasteiger partial charge >= 0.3 is 0 Å². The Hall–Kier alpha value is -1.62. The second-order valence-corrected chi connectivity index (χ2v) is 5.83. The van der Waals surface area contributed by atoms with Gasteiger partial charge in [-0.1, -0.05) is 19.9 Å². The normalized spacial score (nSPS) is 15.3. The van der Waals surface area contributed by atoms with Crippen LogP contribution in [0.5, 0.6) is 0 Å². The lowest BCUT2D eigenvalue weighted by Crippen LogP contribution is -2.36. The second kappa shape index (κ2) is 7.98. The molecule has 1 fully saturated rings. The highest BCUT2D eigenvalue weighted by Gasteiger charge is 2.12. The number of nitrogens with zero attached hydrogens (tertiary/aromatic N) is 2. The monoisotopic (exact) mass is 291 g/mol. The Morgan fingerprint density at radius 2 is 2.14 bits per heavy atom. The lowest BCUT2D eigenvalue weighted by molar-refractivity contribution is -0.121. The summed E-state index contributed by atoms with van der Waals surface area (Å²) in [6.07, 6.45) is 3.37. The minimum Gasteiger partial charge on any atom is -0.378 e. The number of ether oxygens (including phenoxy) is 1. The van der Waals surface area contributed by atoms with E-state index in [2.05, 4.69) is 29.0 Å². The minimum atomic E-state index is 0.112. The van der Waals surface area contributed by atoms with Crippen LogP contribution in [-0.2, 0) is 16.1 Å². The van der Waals surface area contributed by atoms with Crippen LogP contribution in [0.1, 0.15) is 32.3 Å². The van der Waals surface area contributed by atoms with Crippen LogP contribution in [0, 0.1) is 5.92 Å². The summed E-state index contributed by atoms with van der Waals surface area (Å²) >= 11 is 0. The summed E-state index contributed by atoms with van der Waals surface area (Å²) in [6, 6.07) is 4.04. The zero-order valence-corrected chi connectivity index (χ0v) is 13.0. The molecule has 1 aromatic heterocycles. The first kappa shape index (κ1) is 15.8. The SMILES string of the molecule is CC(C)CCC(=O)NCc1ccc(N2CCOCC2)nc1. The molecule has 116 valence electrons. The Kier molecular flexibility index (Phi) is 5.99. The van der Waals surface area contributed by atoms with Gasteiger partial charge in [0.25, 0.3) is 0 Å². The van der Waals surface area contributed by atoms with Crippen LogP contribution in [0.3, 0.4) is 0 Å². The fourth-order valence-corrected chi connectivity index (χ4v) is 2.21. The molecule has 1 aromatic rings. The fraction of sp³-hybridized carbons (Fsp3) is 0.625. The maximum Gasteiger partial charge on any atom is 0.220 e. The average molecular weight is 291 g/mol. The summed E-state index contributed by atoms with van der Waals surface area (Å²) in [6.45, 7) is 8.09. The standard InChI is InChI=1S/C16H25N3O2/c1-13(2)3-6-16(20)18-12-14-4-5-15(17-11-14)19-7-9-21-10-8-19/h4-5,11,13H,3,6-10,12H2,1-2H3,(H,18,20). The second-order valence-electron chi connectivity index (χ2n) is 5.83. The van der Waals surface area contributed by atoms with E-state index in [1.165, 1.54) is 0 Å². The Bertz CT molecular complexity index is 439. The number of hydrogen-bond acceptors (Lipinski definition) is 4. The van der Waals surface area contributed by atoms with E-state index in [1.807, 2.05) is 18.3 Å². The van der Waals surface area contributed by atoms with Gasteiger partial charge < -0.3 is 15.0 Å². The number of rotatable bonds is 6. The maximum atomic E-state index is 11.7. The van der Waals surface area contributed by atoms with Crippen molar-refractivity contribution in [2.75, 3.05) is 31.2 Å². The third-order valence-corrected chi connectivity index (χ3v) is 3.58. The summed E-state index contributed by atoms with van der Waals surface area (Å²) in [5.41, 5.74) is 1.03. The molecule has 5 heteroatoms. The Morgan fingerprint density at radius 3 is 2.76 bits per heavy atom. The molecule has 0 saturated carbocycles. The van der Waals surface area contributed by atoms with E-state index in [9.17, 15) is 4.79 Å². The van der Waals surface area contributed by atoms with Crippen molar-refractivity contribution in [1.29, 1.82) is 0 Å². The summed E-state index contributed by atoms with van der Waals surface area (Å²) in [5, 5.41) is 2.94. The van der Waals surface area contributed by atoms with E-state index in [4.69, 9.17) is 4.74 Å². The molecule has 2 rings (SSSR count). The number of carbonyl (C=O) groups excluding carboxylic acids is 1. The fourth-order valence-electron chi connectivity index (χ4n) is 2.21. The number of morpholine rings is 1. The molecule has 21 heavy (non-hydrogen) atoms. The molecule has 1 amide bonds. The number of anilines is 1. The van der Waals surface area contributed by atoms with Gasteiger partial charge in [-0.15, -0.1) is 0 Å². The van der Waals surface area contributed by atoms with Crippen molar-refractivity contribution in [3.63, 3.8) is 0 Å². The Balaban J connectivity index is 1.78. The molecule has 0 radical (unpaired) electrons. The first-order valence-electron chi connectivity index (χ1n) is 7.69. The molecule has 0 unspecified atom stereocenters. The number of hydrogen-bond donors (Lipinski definition) is 1. The van der Waals surface area contributed by atoms with Crippen molar-refractivity contribution >= 4 is 11.7 Å². The maximum absolute atomic E-state index is 11.7. The van der Waals surface area contributed by atoms with E-state index in [0.29, 0.717) is 18.9 Å². The van der Waals surface area contributed by atoms with E-state index in [-0.39, 0.29) is 5.91 Å². The highest BCUT2D eigenvalue weighted by atomic mass is 16.5. The molecule has 1 saturated heterocycles. The molecule has 0 bridgehead atoms. The molecular weight excluding hydrogens is 266 g/mol. The zero-order chi connectivity index (χ0) is 15.1. The molecule has 5 nitrogen and oxygen atoms in total.